The Morgan fingerprint density at radius 2 is 1.73 bits per heavy atom. The van der Waals surface area contributed by atoms with Crippen molar-refractivity contribution >= 4 is 33.7 Å². The molecule has 2 aromatic rings. The summed E-state index contributed by atoms with van der Waals surface area (Å²) in [6.07, 6.45) is 1.55. The number of esters is 2. The molecule has 1 heterocycles. The maximum atomic E-state index is 13.0. The molecule has 11 heteroatoms. The number of sulfonamides is 1. The van der Waals surface area contributed by atoms with Crippen molar-refractivity contribution in [3.05, 3.63) is 53.2 Å². The van der Waals surface area contributed by atoms with Gasteiger partial charge >= 0.3 is 11.9 Å². The molecule has 0 unspecified atom stereocenters. The molecule has 0 aliphatic heterocycles. The fourth-order valence-corrected chi connectivity index (χ4v) is 3.77. The van der Waals surface area contributed by atoms with Crippen LogP contribution in [0.1, 0.15) is 26.3 Å². The van der Waals surface area contributed by atoms with Crippen molar-refractivity contribution in [3.63, 3.8) is 0 Å². The Morgan fingerprint density at radius 1 is 1.07 bits per heavy atom. The average Bonchev–Trinajstić information content (AvgIpc) is 2.73. The Hall–Kier alpha value is -3.31. The number of aryl methyl sites for hydroxylation is 1. The van der Waals surface area contributed by atoms with Gasteiger partial charge in [-0.15, -0.1) is 0 Å². The van der Waals surface area contributed by atoms with Gasteiger partial charge in [-0.25, -0.2) is 23.0 Å². The monoisotopic (exact) mass is 435 g/mol. The van der Waals surface area contributed by atoms with E-state index in [1.165, 1.54) is 13.1 Å². The number of carbonyl (C=O) groups excluding carboxylic acids is 3. The van der Waals surface area contributed by atoms with Crippen molar-refractivity contribution in [2.45, 2.75) is 11.8 Å². The van der Waals surface area contributed by atoms with Gasteiger partial charge in [-0.1, -0.05) is 6.07 Å². The second-order valence-electron chi connectivity index (χ2n) is 6.22. The number of hydrogen-bond acceptors (Lipinski definition) is 8. The van der Waals surface area contributed by atoms with Crippen molar-refractivity contribution in [2.24, 2.45) is 0 Å². The van der Waals surface area contributed by atoms with Gasteiger partial charge in [0.1, 0.15) is 5.82 Å². The van der Waals surface area contributed by atoms with Crippen LogP contribution in [0, 0.1) is 6.92 Å². The van der Waals surface area contributed by atoms with E-state index in [0.717, 1.165) is 36.2 Å². The number of likely N-dealkylation sites (N-methyl/N-ethyl adjacent to an activating group) is 1. The van der Waals surface area contributed by atoms with Gasteiger partial charge in [-0.2, -0.15) is 4.31 Å². The molecule has 1 amide bonds. The second kappa shape index (κ2) is 9.46. The lowest BCUT2D eigenvalue weighted by molar-refractivity contribution is -0.116. The normalized spacial score (nSPS) is 11.1. The minimum Gasteiger partial charge on any atom is -0.465 e. The fraction of sp³-hybridized carbons (Fsp3) is 0.263. The highest BCUT2D eigenvalue weighted by molar-refractivity contribution is 7.89. The first-order valence-electron chi connectivity index (χ1n) is 8.59. The third-order valence-corrected chi connectivity index (χ3v) is 5.88. The number of aromatic nitrogens is 1. The lowest BCUT2D eigenvalue weighted by Crippen LogP contribution is -2.36. The molecule has 0 fully saturated rings. The number of ether oxygens (including phenoxy) is 2. The number of nitrogens with zero attached hydrogens (tertiary/aromatic N) is 2. The molecule has 0 spiro atoms. The molecule has 0 bridgehead atoms. The number of benzene rings is 1. The number of pyridine rings is 1. The number of carbonyl (C=O) groups is 3. The molecule has 30 heavy (non-hydrogen) atoms. The quantitative estimate of drug-likeness (QED) is 0.642. The van der Waals surface area contributed by atoms with Crippen LogP contribution < -0.4 is 5.32 Å². The second-order valence-corrected chi connectivity index (χ2v) is 8.24. The topological polar surface area (TPSA) is 132 Å². The van der Waals surface area contributed by atoms with Crippen molar-refractivity contribution in [3.8, 4) is 0 Å². The zero-order chi connectivity index (χ0) is 22.5. The summed E-state index contributed by atoms with van der Waals surface area (Å²) in [6, 6.07) is 6.71. The predicted octanol–water partition coefficient (Wildman–Crippen LogP) is 1.22. The van der Waals surface area contributed by atoms with Gasteiger partial charge in [0.15, 0.2) is 0 Å². The van der Waals surface area contributed by atoms with E-state index in [9.17, 15) is 22.8 Å². The van der Waals surface area contributed by atoms with Gasteiger partial charge in [0.25, 0.3) is 0 Å². The van der Waals surface area contributed by atoms with Crippen molar-refractivity contribution in [2.75, 3.05) is 33.1 Å². The first-order chi connectivity index (χ1) is 14.1. The van der Waals surface area contributed by atoms with E-state index < -0.39 is 39.3 Å². The minimum atomic E-state index is -4.34. The first kappa shape index (κ1) is 23.0. The van der Waals surface area contributed by atoms with Crippen LogP contribution in [-0.4, -0.2) is 63.4 Å². The van der Waals surface area contributed by atoms with E-state index in [1.807, 2.05) is 6.92 Å². The molecule has 1 aromatic heterocycles. The lowest BCUT2D eigenvalue weighted by atomic mass is 10.1. The van der Waals surface area contributed by atoms with Crippen LogP contribution in [0.15, 0.2) is 41.4 Å². The van der Waals surface area contributed by atoms with E-state index in [0.29, 0.717) is 0 Å². The molecule has 0 atom stereocenters. The summed E-state index contributed by atoms with van der Waals surface area (Å²) in [5.74, 6) is -2.07. The van der Waals surface area contributed by atoms with Gasteiger partial charge in [-0.05, 0) is 36.8 Å². The zero-order valence-electron chi connectivity index (χ0n) is 16.8. The molecule has 10 nitrogen and oxygen atoms in total. The zero-order valence-corrected chi connectivity index (χ0v) is 17.6. The van der Waals surface area contributed by atoms with Gasteiger partial charge in [0.05, 0.1) is 36.8 Å². The molecule has 0 radical (unpaired) electrons. The van der Waals surface area contributed by atoms with E-state index >= 15 is 0 Å². The van der Waals surface area contributed by atoms with Gasteiger partial charge < -0.3 is 14.8 Å². The highest BCUT2D eigenvalue weighted by atomic mass is 32.2. The molecule has 2 rings (SSSR count). The van der Waals surface area contributed by atoms with Gasteiger partial charge in [0.2, 0.25) is 15.9 Å². The Morgan fingerprint density at radius 3 is 2.30 bits per heavy atom. The minimum absolute atomic E-state index is 0.0783. The number of methoxy groups -OCH3 is 2. The summed E-state index contributed by atoms with van der Waals surface area (Å²) in [7, 11) is -0.934. The average molecular weight is 435 g/mol. The standard InChI is InChI=1S/C19H21N3O7S/c1-12-5-8-16(20-10-12)21-17(23)11-22(2)30(26,27)15-9-13(18(24)28-3)6-7-14(15)19(25)29-4/h5-10H,11H2,1-4H3,(H,20,21,23). The highest BCUT2D eigenvalue weighted by Gasteiger charge is 2.30. The largest absolute Gasteiger partial charge is 0.465 e. The van der Waals surface area contributed by atoms with Crippen molar-refractivity contribution in [1.29, 1.82) is 0 Å². The van der Waals surface area contributed by atoms with E-state index in [4.69, 9.17) is 0 Å². The van der Waals surface area contributed by atoms with Crippen LogP contribution >= 0.6 is 0 Å². The van der Waals surface area contributed by atoms with Crippen LogP contribution in [0.5, 0.6) is 0 Å². The molecular weight excluding hydrogens is 414 g/mol. The number of anilines is 1. The Kier molecular flexibility index (Phi) is 7.24. The van der Waals surface area contributed by atoms with E-state index in [1.54, 1.807) is 18.3 Å². The lowest BCUT2D eigenvalue weighted by Gasteiger charge is -2.19. The van der Waals surface area contributed by atoms with Gasteiger partial charge in [-0.3, -0.25) is 4.79 Å². The summed E-state index contributed by atoms with van der Waals surface area (Å²) in [5.41, 5.74) is 0.538. The Bertz CT molecular complexity index is 1070. The summed E-state index contributed by atoms with van der Waals surface area (Å²) in [4.78, 5) is 39.6. The molecule has 0 saturated carbocycles. The molecule has 160 valence electrons. The summed E-state index contributed by atoms with van der Waals surface area (Å²) >= 11 is 0. The van der Waals surface area contributed by atoms with Crippen LogP contribution in [0.4, 0.5) is 5.82 Å². The molecule has 1 N–H and O–H groups in total. The predicted molar refractivity (Wildman–Crippen MR) is 107 cm³/mol. The third-order valence-electron chi connectivity index (χ3n) is 4.04. The van der Waals surface area contributed by atoms with Crippen LogP contribution in [0.3, 0.4) is 0 Å². The van der Waals surface area contributed by atoms with Crippen LogP contribution in [-0.2, 0) is 24.3 Å². The first-order valence-corrected chi connectivity index (χ1v) is 10.0. The highest BCUT2D eigenvalue weighted by Crippen LogP contribution is 2.23. The van der Waals surface area contributed by atoms with Crippen molar-refractivity contribution < 1.29 is 32.3 Å². The fourth-order valence-electron chi connectivity index (χ4n) is 2.44. The number of amides is 1. The summed E-state index contributed by atoms with van der Waals surface area (Å²) in [6.45, 7) is 1.28. The smallest absolute Gasteiger partial charge is 0.339 e. The molecule has 0 aliphatic rings. The van der Waals surface area contributed by atoms with E-state index in [2.05, 4.69) is 19.8 Å². The van der Waals surface area contributed by atoms with E-state index in [-0.39, 0.29) is 16.9 Å². The van der Waals surface area contributed by atoms with Gasteiger partial charge in [0, 0.05) is 13.2 Å². The third kappa shape index (κ3) is 5.19. The Balaban J connectivity index is 2.33. The molecular formula is C19H21N3O7S. The number of hydrogen-bond donors (Lipinski definition) is 1. The van der Waals surface area contributed by atoms with Crippen LogP contribution in [0.25, 0.3) is 0 Å². The Labute approximate surface area is 173 Å². The van der Waals surface area contributed by atoms with Crippen molar-refractivity contribution in [1.82, 2.24) is 9.29 Å². The molecule has 0 saturated heterocycles. The number of rotatable bonds is 7. The molecule has 1 aromatic carbocycles. The molecule has 0 aliphatic carbocycles. The maximum absolute atomic E-state index is 13.0. The number of nitrogens with one attached hydrogen (secondary N) is 1. The van der Waals surface area contributed by atoms with Crippen LogP contribution in [0.2, 0.25) is 0 Å². The maximum Gasteiger partial charge on any atom is 0.339 e. The SMILES string of the molecule is COC(=O)c1ccc(C(=O)OC)c(S(=O)(=O)N(C)CC(=O)Nc2ccc(C)cn2)c1. The summed E-state index contributed by atoms with van der Waals surface area (Å²) in [5, 5.41) is 2.49. The summed E-state index contributed by atoms with van der Waals surface area (Å²) < 4.78 is 36.0.